The van der Waals surface area contributed by atoms with E-state index in [4.69, 9.17) is 0 Å². The van der Waals surface area contributed by atoms with Gasteiger partial charge in [0.2, 0.25) is 5.91 Å². The molecule has 0 fully saturated rings. The summed E-state index contributed by atoms with van der Waals surface area (Å²) >= 11 is 0. The van der Waals surface area contributed by atoms with Crippen molar-refractivity contribution in [1.82, 2.24) is 0 Å². The van der Waals surface area contributed by atoms with E-state index in [0.717, 1.165) is 6.08 Å². The average molecular weight is 114 g/mol. The Labute approximate surface area is 45.6 Å². The van der Waals surface area contributed by atoms with Gasteiger partial charge in [-0.25, -0.2) is 0 Å². The molecule has 0 spiro atoms. The molecule has 4 nitrogen and oxygen atoms in total. The van der Waals surface area contributed by atoms with Gasteiger partial charge in [0.25, 0.3) is 0 Å². The van der Waals surface area contributed by atoms with Gasteiger partial charge in [0.15, 0.2) is 0 Å². The third-order valence-electron chi connectivity index (χ3n) is 0.384. The van der Waals surface area contributed by atoms with Crippen LogP contribution >= 0.6 is 0 Å². The van der Waals surface area contributed by atoms with Crippen LogP contribution in [0.5, 0.6) is 0 Å². The Morgan fingerprint density at radius 1 is 1.38 bits per heavy atom. The number of carboxylic acids is 1. The van der Waals surface area contributed by atoms with Gasteiger partial charge in [0.05, 0.1) is 5.97 Å². The second-order valence-electron chi connectivity index (χ2n) is 1.05. The number of hydrogen-bond acceptors (Lipinski definition) is 3. The Hall–Kier alpha value is -1.32. The zero-order valence-electron chi connectivity index (χ0n) is 3.96. The van der Waals surface area contributed by atoms with Crippen LogP contribution in [-0.2, 0) is 9.59 Å². The molecule has 44 valence electrons. The van der Waals surface area contributed by atoms with Crippen molar-refractivity contribution < 1.29 is 14.7 Å². The minimum absolute atomic E-state index is 0.572. The third kappa shape index (κ3) is 4.68. The number of carbonyl (C=O) groups excluding carboxylic acids is 2. The van der Waals surface area contributed by atoms with Crippen LogP contribution in [0.25, 0.3) is 0 Å². The molecule has 0 rings (SSSR count). The molecule has 0 aliphatic rings. The zero-order chi connectivity index (χ0) is 6.57. The van der Waals surface area contributed by atoms with Crippen molar-refractivity contribution >= 4 is 11.9 Å². The standard InChI is InChI=1S/C4H5NO3/c5-3(6)1-2-4(7)8/h1-2H,(H2,5,6)(H,7,8)/p-1/b2-1-. The lowest BCUT2D eigenvalue weighted by molar-refractivity contribution is -0.297. The van der Waals surface area contributed by atoms with E-state index in [1.807, 2.05) is 0 Å². The summed E-state index contributed by atoms with van der Waals surface area (Å²) in [5, 5.41) is 9.50. The van der Waals surface area contributed by atoms with E-state index in [1.54, 1.807) is 0 Å². The zero-order valence-corrected chi connectivity index (χ0v) is 3.96. The first-order valence-electron chi connectivity index (χ1n) is 1.81. The van der Waals surface area contributed by atoms with E-state index in [1.165, 1.54) is 0 Å². The molecule has 0 saturated heterocycles. The SMILES string of the molecule is NC(=O)/C=C\C(=O)[O-]. The highest BCUT2D eigenvalue weighted by molar-refractivity contribution is 5.92. The normalized spacial score (nSPS) is 9.50. The summed E-state index contributed by atoms with van der Waals surface area (Å²) in [5.74, 6) is -2.22. The lowest BCUT2D eigenvalue weighted by Gasteiger charge is -1.85. The van der Waals surface area contributed by atoms with Gasteiger partial charge in [-0.3, -0.25) is 4.79 Å². The Bertz CT molecular complexity index is 122. The van der Waals surface area contributed by atoms with E-state index >= 15 is 0 Å². The summed E-state index contributed by atoms with van der Waals surface area (Å²) in [4.78, 5) is 19.2. The minimum Gasteiger partial charge on any atom is -0.545 e. The second-order valence-corrected chi connectivity index (χ2v) is 1.05. The molecule has 0 aromatic carbocycles. The topological polar surface area (TPSA) is 83.2 Å². The highest BCUT2D eigenvalue weighted by Crippen LogP contribution is 1.64. The maximum Gasteiger partial charge on any atom is 0.241 e. The molecule has 0 aliphatic heterocycles. The quantitative estimate of drug-likeness (QED) is 0.412. The van der Waals surface area contributed by atoms with Gasteiger partial charge in [0, 0.05) is 6.08 Å². The van der Waals surface area contributed by atoms with Crippen molar-refractivity contribution in [3.05, 3.63) is 12.2 Å². The monoisotopic (exact) mass is 114 g/mol. The Morgan fingerprint density at radius 2 is 1.88 bits per heavy atom. The summed E-state index contributed by atoms with van der Waals surface area (Å²) in [6, 6.07) is 0. The predicted molar refractivity (Wildman–Crippen MR) is 23.3 cm³/mol. The van der Waals surface area contributed by atoms with E-state index in [2.05, 4.69) is 5.73 Å². The molecule has 0 aromatic rings. The van der Waals surface area contributed by atoms with Crippen molar-refractivity contribution in [3.8, 4) is 0 Å². The molecule has 2 N–H and O–H groups in total. The van der Waals surface area contributed by atoms with Gasteiger partial charge in [-0.1, -0.05) is 0 Å². The first-order chi connectivity index (χ1) is 3.63. The van der Waals surface area contributed by atoms with Gasteiger partial charge in [0.1, 0.15) is 0 Å². The van der Waals surface area contributed by atoms with Gasteiger partial charge in [-0.2, -0.15) is 0 Å². The number of rotatable bonds is 2. The minimum atomic E-state index is -1.43. The van der Waals surface area contributed by atoms with E-state index in [0.29, 0.717) is 6.08 Å². The molecule has 8 heavy (non-hydrogen) atoms. The van der Waals surface area contributed by atoms with Crippen molar-refractivity contribution in [1.29, 1.82) is 0 Å². The second kappa shape index (κ2) is 2.79. The Morgan fingerprint density at radius 3 is 2.00 bits per heavy atom. The number of hydrogen-bond donors (Lipinski definition) is 1. The molecule has 0 heterocycles. The lowest BCUT2D eigenvalue weighted by Crippen LogP contribution is -2.20. The van der Waals surface area contributed by atoms with Crippen LogP contribution < -0.4 is 10.8 Å². The molecule has 0 unspecified atom stereocenters. The molecule has 0 aromatic heterocycles. The fraction of sp³-hybridized carbons (Fsp3) is 0. The molecule has 0 aliphatic carbocycles. The van der Waals surface area contributed by atoms with Crippen LogP contribution in [-0.4, -0.2) is 11.9 Å². The number of primary amides is 1. The Balaban J connectivity index is 3.67. The summed E-state index contributed by atoms with van der Waals surface area (Å²) in [6.45, 7) is 0. The maximum atomic E-state index is 9.75. The Kier molecular flexibility index (Phi) is 2.33. The molecule has 4 heteroatoms. The largest absolute Gasteiger partial charge is 0.545 e. The molecule has 0 atom stereocenters. The van der Waals surface area contributed by atoms with Crippen molar-refractivity contribution in [3.63, 3.8) is 0 Å². The van der Waals surface area contributed by atoms with Gasteiger partial charge >= 0.3 is 0 Å². The van der Waals surface area contributed by atoms with Crippen LogP contribution in [0.4, 0.5) is 0 Å². The van der Waals surface area contributed by atoms with E-state index < -0.39 is 11.9 Å². The van der Waals surface area contributed by atoms with E-state index in [9.17, 15) is 14.7 Å². The van der Waals surface area contributed by atoms with Crippen LogP contribution in [0, 0.1) is 0 Å². The number of amides is 1. The van der Waals surface area contributed by atoms with Crippen molar-refractivity contribution in [2.75, 3.05) is 0 Å². The van der Waals surface area contributed by atoms with Gasteiger partial charge in [-0.05, 0) is 6.08 Å². The highest BCUT2D eigenvalue weighted by atomic mass is 16.4. The lowest BCUT2D eigenvalue weighted by atomic mass is 10.5. The molecular weight excluding hydrogens is 110 g/mol. The number of carbonyl (C=O) groups is 2. The van der Waals surface area contributed by atoms with Crippen LogP contribution in [0.2, 0.25) is 0 Å². The molecular formula is C4H4NO3-. The fourth-order valence-electron chi connectivity index (χ4n) is 0.150. The molecule has 0 radical (unpaired) electrons. The van der Waals surface area contributed by atoms with Gasteiger partial charge in [-0.15, -0.1) is 0 Å². The first-order valence-corrected chi connectivity index (χ1v) is 1.81. The smallest absolute Gasteiger partial charge is 0.241 e. The first kappa shape index (κ1) is 6.68. The van der Waals surface area contributed by atoms with Crippen LogP contribution in [0.15, 0.2) is 12.2 Å². The summed E-state index contributed by atoms with van der Waals surface area (Å²) in [6.07, 6.45) is 1.29. The summed E-state index contributed by atoms with van der Waals surface area (Å²) in [5.41, 5.74) is 4.52. The fourth-order valence-corrected chi connectivity index (χ4v) is 0.150. The molecule has 1 amide bonds. The predicted octanol–water partition coefficient (Wildman–Crippen LogP) is -2.22. The number of aliphatic carboxylic acids is 1. The summed E-state index contributed by atoms with van der Waals surface area (Å²) in [7, 11) is 0. The molecule has 0 bridgehead atoms. The van der Waals surface area contributed by atoms with E-state index in [-0.39, 0.29) is 0 Å². The molecule has 0 saturated carbocycles. The van der Waals surface area contributed by atoms with Gasteiger partial charge < -0.3 is 15.6 Å². The maximum absolute atomic E-state index is 9.75. The van der Waals surface area contributed by atoms with Crippen molar-refractivity contribution in [2.24, 2.45) is 5.73 Å². The average Bonchev–Trinajstić information content (AvgIpc) is 1.61. The number of carboxylic acid groups (broad SMARTS) is 1. The third-order valence-corrected chi connectivity index (χ3v) is 0.384. The highest BCUT2D eigenvalue weighted by Gasteiger charge is 1.78. The summed E-state index contributed by atoms with van der Waals surface area (Å²) < 4.78 is 0. The van der Waals surface area contributed by atoms with Crippen LogP contribution in [0.1, 0.15) is 0 Å². The number of nitrogens with two attached hydrogens (primary N) is 1. The van der Waals surface area contributed by atoms with Crippen LogP contribution in [0.3, 0.4) is 0 Å². The van der Waals surface area contributed by atoms with Crippen molar-refractivity contribution in [2.45, 2.75) is 0 Å².